The predicted octanol–water partition coefficient (Wildman–Crippen LogP) is 2.20. The Balaban J connectivity index is 1.64. The largest absolute Gasteiger partial charge is 0.481 e. The molecular weight excluding hydrogens is 316 g/mol. The molecule has 0 bridgehead atoms. The van der Waals surface area contributed by atoms with Crippen molar-refractivity contribution in [2.45, 2.75) is 6.42 Å². The molecule has 0 saturated heterocycles. The summed E-state index contributed by atoms with van der Waals surface area (Å²) in [6.07, 6.45) is 0.530. The van der Waals surface area contributed by atoms with Crippen LogP contribution in [-0.4, -0.2) is 31.3 Å². The molecule has 0 atom stereocenters. The molecule has 0 saturated carbocycles. The second-order valence-corrected chi connectivity index (χ2v) is 5.36. The molecule has 2 aliphatic rings. The summed E-state index contributed by atoms with van der Waals surface area (Å²) < 4.78 is 26.8. The summed E-state index contributed by atoms with van der Waals surface area (Å²) in [6.45, 7) is -0.0647. The predicted molar refractivity (Wildman–Crippen MR) is 81.1 cm³/mol. The topological polar surface area (TPSA) is 83.5 Å². The minimum Gasteiger partial charge on any atom is -0.481 e. The van der Waals surface area contributed by atoms with E-state index < -0.39 is 12.6 Å². The van der Waals surface area contributed by atoms with Crippen LogP contribution < -0.4 is 23.7 Å². The van der Waals surface area contributed by atoms with Gasteiger partial charge in [-0.1, -0.05) is 6.07 Å². The second-order valence-electron chi connectivity index (χ2n) is 5.36. The molecular formula is C17H14O7. The third kappa shape index (κ3) is 2.76. The Kier molecular flexibility index (Phi) is 3.53. The molecule has 0 aliphatic carbocycles. The lowest BCUT2D eigenvalue weighted by Crippen LogP contribution is -2.10. The van der Waals surface area contributed by atoms with E-state index in [-0.39, 0.29) is 13.6 Å². The van der Waals surface area contributed by atoms with Gasteiger partial charge in [-0.05, 0) is 23.8 Å². The minimum atomic E-state index is -1.04. The molecule has 1 N–H and O–H groups in total. The highest BCUT2D eigenvalue weighted by Gasteiger charge is 2.20. The highest BCUT2D eigenvalue weighted by molar-refractivity contribution is 5.68. The van der Waals surface area contributed by atoms with Gasteiger partial charge in [0.2, 0.25) is 13.6 Å². The van der Waals surface area contributed by atoms with Crippen molar-refractivity contribution in [3.8, 4) is 28.7 Å². The molecule has 2 aliphatic heterocycles. The van der Waals surface area contributed by atoms with Crippen molar-refractivity contribution in [2.75, 3.05) is 20.2 Å². The van der Waals surface area contributed by atoms with Gasteiger partial charge in [0.25, 0.3) is 0 Å². The Morgan fingerprint density at radius 3 is 2.38 bits per heavy atom. The lowest BCUT2D eigenvalue weighted by atomic mass is 10.0. The highest BCUT2D eigenvalue weighted by Crippen LogP contribution is 2.40. The van der Waals surface area contributed by atoms with Crippen LogP contribution in [-0.2, 0) is 11.2 Å². The van der Waals surface area contributed by atoms with E-state index in [1.165, 1.54) is 0 Å². The maximum atomic E-state index is 10.8. The zero-order chi connectivity index (χ0) is 16.5. The first-order valence-electron chi connectivity index (χ1n) is 7.35. The average Bonchev–Trinajstić information content (AvgIpc) is 3.20. The number of fused-ring (bicyclic) bond motifs is 2. The van der Waals surface area contributed by atoms with E-state index in [4.69, 9.17) is 28.8 Å². The molecule has 7 heteroatoms. The van der Waals surface area contributed by atoms with Crippen molar-refractivity contribution in [2.24, 2.45) is 0 Å². The van der Waals surface area contributed by atoms with Crippen molar-refractivity contribution >= 4 is 5.97 Å². The molecule has 2 aromatic rings. The number of hydrogen-bond donors (Lipinski definition) is 1. The van der Waals surface area contributed by atoms with Crippen LogP contribution in [0.2, 0.25) is 0 Å². The van der Waals surface area contributed by atoms with Crippen LogP contribution in [0.4, 0.5) is 0 Å². The van der Waals surface area contributed by atoms with Crippen LogP contribution in [0.15, 0.2) is 30.3 Å². The van der Waals surface area contributed by atoms with E-state index >= 15 is 0 Å². The van der Waals surface area contributed by atoms with Crippen molar-refractivity contribution in [3.05, 3.63) is 41.5 Å². The molecule has 2 heterocycles. The molecule has 0 aromatic heterocycles. The van der Waals surface area contributed by atoms with Crippen LogP contribution in [0.3, 0.4) is 0 Å². The zero-order valence-corrected chi connectivity index (χ0v) is 12.6. The fourth-order valence-electron chi connectivity index (χ4n) is 2.65. The fourth-order valence-corrected chi connectivity index (χ4v) is 2.65. The normalized spacial score (nSPS) is 13.8. The number of ether oxygens (including phenoxy) is 5. The molecule has 4 rings (SSSR count). The van der Waals surface area contributed by atoms with Crippen LogP contribution >= 0.6 is 0 Å². The van der Waals surface area contributed by atoms with Gasteiger partial charge in [0.05, 0.1) is 0 Å². The van der Waals surface area contributed by atoms with Crippen LogP contribution in [0, 0.1) is 0 Å². The molecule has 0 amide bonds. The van der Waals surface area contributed by atoms with Crippen LogP contribution in [0.25, 0.3) is 0 Å². The lowest BCUT2D eigenvalue weighted by Gasteiger charge is -2.12. The van der Waals surface area contributed by atoms with Crippen molar-refractivity contribution in [1.82, 2.24) is 0 Å². The average molecular weight is 330 g/mol. The third-order valence-electron chi connectivity index (χ3n) is 3.74. The van der Waals surface area contributed by atoms with E-state index in [1.807, 2.05) is 24.3 Å². The second kappa shape index (κ2) is 5.84. The Morgan fingerprint density at radius 1 is 0.958 bits per heavy atom. The van der Waals surface area contributed by atoms with Crippen LogP contribution in [0.5, 0.6) is 28.7 Å². The molecule has 7 nitrogen and oxygen atoms in total. The van der Waals surface area contributed by atoms with Crippen LogP contribution in [0.1, 0.15) is 11.1 Å². The zero-order valence-electron chi connectivity index (χ0n) is 12.6. The molecule has 124 valence electrons. The van der Waals surface area contributed by atoms with Crippen molar-refractivity contribution < 1.29 is 33.6 Å². The highest BCUT2D eigenvalue weighted by atomic mass is 16.7. The van der Waals surface area contributed by atoms with Gasteiger partial charge in [-0.15, -0.1) is 0 Å². The molecule has 24 heavy (non-hydrogen) atoms. The number of carboxylic acid groups (broad SMARTS) is 1. The van der Waals surface area contributed by atoms with Gasteiger partial charge in [0, 0.05) is 18.1 Å². The number of benzene rings is 2. The summed E-state index contributed by atoms with van der Waals surface area (Å²) >= 11 is 0. The Hall–Kier alpha value is -3.09. The molecule has 0 fully saturated rings. The van der Waals surface area contributed by atoms with E-state index in [2.05, 4.69) is 0 Å². The SMILES string of the molecule is O=C(O)COc1cc2c(cc1Cc1ccc3c(c1)OCO3)OCO2. The summed E-state index contributed by atoms with van der Waals surface area (Å²) in [5.74, 6) is 1.99. The summed E-state index contributed by atoms with van der Waals surface area (Å²) in [6, 6.07) is 9.15. The molecule has 0 unspecified atom stereocenters. The summed E-state index contributed by atoms with van der Waals surface area (Å²) in [7, 11) is 0. The van der Waals surface area contributed by atoms with Gasteiger partial charge in [0.1, 0.15) is 5.75 Å². The standard InChI is InChI=1S/C17H14O7/c18-17(19)7-20-13-6-16-15(23-9-24-16)5-11(13)3-10-1-2-12-14(4-10)22-8-21-12/h1-2,4-6H,3,7-9H2,(H,18,19). The first-order valence-corrected chi connectivity index (χ1v) is 7.35. The Morgan fingerprint density at radius 2 is 1.62 bits per heavy atom. The van der Waals surface area contributed by atoms with Crippen molar-refractivity contribution in [3.63, 3.8) is 0 Å². The van der Waals surface area contributed by atoms with E-state index in [9.17, 15) is 4.79 Å². The fraction of sp³-hybridized carbons (Fsp3) is 0.235. The minimum absolute atomic E-state index is 0.140. The van der Waals surface area contributed by atoms with Gasteiger partial charge in [0.15, 0.2) is 29.6 Å². The quantitative estimate of drug-likeness (QED) is 0.899. The molecule has 2 aromatic carbocycles. The summed E-state index contributed by atoms with van der Waals surface area (Å²) in [5.41, 5.74) is 1.79. The lowest BCUT2D eigenvalue weighted by molar-refractivity contribution is -0.139. The van der Waals surface area contributed by atoms with Gasteiger partial charge in [-0.3, -0.25) is 0 Å². The van der Waals surface area contributed by atoms with E-state index in [1.54, 1.807) is 6.07 Å². The van der Waals surface area contributed by atoms with E-state index in [0.29, 0.717) is 35.2 Å². The first-order chi connectivity index (χ1) is 11.7. The Labute approximate surface area is 137 Å². The number of aliphatic carboxylic acids is 1. The first kappa shape index (κ1) is 14.5. The summed E-state index contributed by atoms with van der Waals surface area (Å²) in [4.78, 5) is 10.8. The monoisotopic (exact) mass is 330 g/mol. The third-order valence-corrected chi connectivity index (χ3v) is 3.74. The van der Waals surface area contributed by atoms with Gasteiger partial charge in [-0.25, -0.2) is 4.79 Å². The van der Waals surface area contributed by atoms with Gasteiger partial charge < -0.3 is 28.8 Å². The summed E-state index contributed by atoms with van der Waals surface area (Å²) in [5, 5.41) is 8.84. The number of hydrogen-bond acceptors (Lipinski definition) is 6. The van der Waals surface area contributed by atoms with Crippen molar-refractivity contribution in [1.29, 1.82) is 0 Å². The van der Waals surface area contributed by atoms with E-state index in [0.717, 1.165) is 11.1 Å². The molecule has 0 radical (unpaired) electrons. The maximum Gasteiger partial charge on any atom is 0.341 e. The van der Waals surface area contributed by atoms with Gasteiger partial charge in [-0.2, -0.15) is 0 Å². The smallest absolute Gasteiger partial charge is 0.341 e. The van der Waals surface area contributed by atoms with Gasteiger partial charge >= 0.3 is 5.97 Å². The molecule has 0 spiro atoms. The number of carboxylic acids is 1. The Bertz CT molecular complexity index is 800. The number of rotatable bonds is 5. The maximum absolute atomic E-state index is 10.8. The number of carbonyl (C=O) groups is 1.